The van der Waals surface area contributed by atoms with Gasteiger partial charge in [0.2, 0.25) is 0 Å². The second-order valence-electron chi connectivity index (χ2n) is 3.06. The molecule has 0 fully saturated rings. The van der Waals surface area contributed by atoms with Crippen LogP contribution in [0.25, 0.3) is 0 Å². The molecular formula is C10H7BrCl2OS. The zero-order valence-corrected chi connectivity index (χ0v) is 11.7. The van der Waals surface area contributed by atoms with Gasteiger partial charge in [0.05, 0.1) is 0 Å². The van der Waals surface area contributed by atoms with Crippen molar-refractivity contribution in [2.75, 3.05) is 0 Å². The van der Waals surface area contributed by atoms with E-state index in [2.05, 4.69) is 15.9 Å². The van der Waals surface area contributed by atoms with Gasteiger partial charge in [0.1, 0.15) is 11.1 Å². The molecule has 0 amide bonds. The van der Waals surface area contributed by atoms with Crippen LogP contribution in [0.2, 0.25) is 5.22 Å². The Morgan fingerprint density at radius 3 is 2.67 bits per heavy atom. The average Bonchev–Trinajstić information content (AvgIpc) is 2.74. The van der Waals surface area contributed by atoms with Crippen LogP contribution in [0.5, 0.6) is 0 Å². The molecule has 2 aromatic rings. The fourth-order valence-corrected chi connectivity index (χ4v) is 3.22. The van der Waals surface area contributed by atoms with Gasteiger partial charge >= 0.3 is 0 Å². The van der Waals surface area contributed by atoms with E-state index in [0.717, 1.165) is 9.35 Å². The molecule has 0 aromatic carbocycles. The van der Waals surface area contributed by atoms with Crippen molar-refractivity contribution in [3.05, 3.63) is 43.4 Å². The molecule has 80 valence electrons. The van der Waals surface area contributed by atoms with Gasteiger partial charge in [-0.3, -0.25) is 0 Å². The van der Waals surface area contributed by atoms with Gasteiger partial charge in [0.25, 0.3) is 0 Å². The SMILES string of the molecule is Cc1sc(C(Cl)c2ccc(Cl)o2)cc1Br. The zero-order chi connectivity index (χ0) is 11.0. The van der Waals surface area contributed by atoms with Crippen LogP contribution in [0.3, 0.4) is 0 Å². The van der Waals surface area contributed by atoms with E-state index in [1.165, 1.54) is 4.88 Å². The predicted molar refractivity (Wildman–Crippen MR) is 68.2 cm³/mol. The Hall–Kier alpha value is 0.0400. The third-order valence-electron chi connectivity index (χ3n) is 1.97. The highest BCUT2D eigenvalue weighted by Crippen LogP contribution is 2.38. The first-order chi connectivity index (χ1) is 7.08. The van der Waals surface area contributed by atoms with Crippen molar-refractivity contribution in [3.8, 4) is 0 Å². The van der Waals surface area contributed by atoms with Crippen molar-refractivity contribution in [2.24, 2.45) is 0 Å². The van der Waals surface area contributed by atoms with Crippen molar-refractivity contribution < 1.29 is 4.42 Å². The lowest BCUT2D eigenvalue weighted by molar-refractivity contribution is 0.519. The Morgan fingerprint density at radius 1 is 1.47 bits per heavy atom. The standard InChI is InChI=1S/C10H7BrCl2OS/c1-5-6(11)4-8(15-5)10(13)7-2-3-9(12)14-7/h2-4,10H,1H3. The van der Waals surface area contributed by atoms with Gasteiger partial charge in [0, 0.05) is 14.2 Å². The van der Waals surface area contributed by atoms with Crippen LogP contribution in [0.1, 0.15) is 20.9 Å². The van der Waals surface area contributed by atoms with Gasteiger partial charge in [0.15, 0.2) is 5.22 Å². The highest BCUT2D eigenvalue weighted by Gasteiger charge is 2.17. The van der Waals surface area contributed by atoms with Crippen LogP contribution in [0.4, 0.5) is 0 Å². The molecule has 0 N–H and O–H groups in total. The maximum absolute atomic E-state index is 6.27. The van der Waals surface area contributed by atoms with Crippen LogP contribution < -0.4 is 0 Å². The van der Waals surface area contributed by atoms with Crippen molar-refractivity contribution in [1.29, 1.82) is 0 Å². The third-order valence-corrected chi connectivity index (χ3v) is 4.95. The second-order valence-corrected chi connectivity index (χ2v) is 6.01. The maximum atomic E-state index is 6.27. The number of halogens is 3. The van der Waals surface area contributed by atoms with Crippen LogP contribution in [-0.2, 0) is 0 Å². The van der Waals surface area contributed by atoms with Gasteiger partial charge in [-0.05, 0) is 52.7 Å². The van der Waals surface area contributed by atoms with Gasteiger partial charge < -0.3 is 4.42 Å². The first-order valence-corrected chi connectivity index (χ1v) is 6.65. The summed E-state index contributed by atoms with van der Waals surface area (Å²) in [4.78, 5) is 2.25. The number of rotatable bonds is 2. The number of alkyl halides is 1. The molecule has 2 heterocycles. The van der Waals surface area contributed by atoms with Gasteiger partial charge in [-0.15, -0.1) is 22.9 Å². The molecule has 0 aliphatic carbocycles. The largest absolute Gasteiger partial charge is 0.448 e. The topological polar surface area (TPSA) is 13.1 Å². The fourth-order valence-electron chi connectivity index (χ4n) is 1.21. The number of hydrogen-bond donors (Lipinski definition) is 0. The van der Waals surface area contributed by atoms with Gasteiger partial charge in [-0.1, -0.05) is 0 Å². The summed E-state index contributed by atoms with van der Waals surface area (Å²) in [5.41, 5.74) is 0. The van der Waals surface area contributed by atoms with Crippen molar-refractivity contribution >= 4 is 50.5 Å². The Kier molecular flexibility index (Phi) is 3.45. The number of aryl methyl sites for hydroxylation is 1. The van der Waals surface area contributed by atoms with E-state index >= 15 is 0 Å². The maximum Gasteiger partial charge on any atom is 0.193 e. The van der Waals surface area contributed by atoms with E-state index in [9.17, 15) is 0 Å². The molecule has 5 heteroatoms. The molecule has 0 bridgehead atoms. The first-order valence-electron chi connectivity index (χ1n) is 4.23. The number of thiophene rings is 1. The number of hydrogen-bond acceptors (Lipinski definition) is 2. The van der Waals surface area contributed by atoms with Crippen LogP contribution in [0, 0.1) is 6.92 Å². The third kappa shape index (κ3) is 2.41. The monoisotopic (exact) mass is 324 g/mol. The molecule has 1 nitrogen and oxygen atoms in total. The minimum atomic E-state index is -0.271. The minimum Gasteiger partial charge on any atom is -0.448 e. The predicted octanol–water partition coefficient (Wildman–Crippen LogP) is 5.39. The van der Waals surface area contributed by atoms with Crippen molar-refractivity contribution in [1.82, 2.24) is 0 Å². The van der Waals surface area contributed by atoms with Gasteiger partial charge in [-0.2, -0.15) is 0 Å². The van der Waals surface area contributed by atoms with Crippen molar-refractivity contribution in [3.63, 3.8) is 0 Å². The van der Waals surface area contributed by atoms with Gasteiger partial charge in [-0.25, -0.2) is 0 Å². The summed E-state index contributed by atoms with van der Waals surface area (Å²) in [5.74, 6) is 0.676. The molecule has 2 rings (SSSR count). The molecule has 2 aromatic heterocycles. The molecule has 0 saturated carbocycles. The summed E-state index contributed by atoms with van der Waals surface area (Å²) in [6, 6.07) is 5.50. The molecule has 1 unspecified atom stereocenters. The van der Waals surface area contributed by atoms with Crippen LogP contribution in [-0.4, -0.2) is 0 Å². The lowest BCUT2D eigenvalue weighted by atomic mass is 10.3. The van der Waals surface area contributed by atoms with Crippen LogP contribution >= 0.6 is 50.5 Å². The molecule has 0 spiro atoms. The normalized spacial score (nSPS) is 13.1. The van der Waals surface area contributed by atoms with E-state index in [1.807, 2.05) is 13.0 Å². The van der Waals surface area contributed by atoms with E-state index < -0.39 is 0 Å². The second kappa shape index (κ2) is 4.50. The Balaban J connectivity index is 2.31. The minimum absolute atomic E-state index is 0.271. The smallest absolute Gasteiger partial charge is 0.193 e. The van der Waals surface area contributed by atoms with E-state index in [-0.39, 0.29) is 5.38 Å². The Morgan fingerprint density at radius 2 is 2.20 bits per heavy atom. The summed E-state index contributed by atoms with van der Waals surface area (Å²) in [5, 5.41) is 0.0930. The summed E-state index contributed by atoms with van der Waals surface area (Å²) >= 11 is 17.1. The highest BCUT2D eigenvalue weighted by atomic mass is 79.9. The van der Waals surface area contributed by atoms with Crippen LogP contribution in [0.15, 0.2) is 27.1 Å². The van der Waals surface area contributed by atoms with E-state index in [4.69, 9.17) is 27.6 Å². The molecule has 1 atom stereocenters. The summed E-state index contributed by atoms with van der Waals surface area (Å²) < 4.78 is 6.35. The quantitative estimate of drug-likeness (QED) is 0.674. The summed E-state index contributed by atoms with van der Waals surface area (Å²) in [7, 11) is 0. The molecule has 0 saturated heterocycles. The zero-order valence-electron chi connectivity index (χ0n) is 7.76. The molecule has 0 radical (unpaired) electrons. The Bertz CT molecular complexity index is 458. The highest BCUT2D eigenvalue weighted by molar-refractivity contribution is 9.10. The van der Waals surface area contributed by atoms with E-state index in [0.29, 0.717) is 11.0 Å². The van der Waals surface area contributed by atoms with Crippen molar-refractivity contribution in [2.45, 2.75) is 12.3 Å². The summed E-state index contributed by atoms with van der Waals surface area (Å²) in [6.45, 7) is 2.04. The summed E-state index contributed by atoms with van der Waals surface area (Å²) in [6.07, 6.45) is 0. The number of furan rings is 1. The molecule has 0 aliphatic heterocycles. The molecule has 15 heavy (non-hydrogen) atoms. The molecular weight excluding hydrogens is 319 g/mol. The fraction of sp³-hybridized carbons (Fsp3) is 0.200. The Labute approximate surface area is 110 Å². The molecule has 0 aliphatic rings. The van der Waals surface area contributed by atoms with E-state index in [1.54, 1.807) is 23.5 Å². The average molecular weight is 326 g/mol. The lowest BCUT2D eigenvalue weighted by Crippen LogP contribution is -1.85. The lowest BCUT2D eigenvalue weighted by Gasteiger charge is -2.01. The first kappa shape index (κ1) is 11.5.